The molecule has 0 unspecified atom stereocenters. The molecular weight excluding hydrogens is 298 g/mol. The van der Waals surface area contributed by atoms with Gasteiger partial charge in [0.1, 0.15) is 5.75 Å². The summed E-state index contributed by atoms with van der Waals surface area (Å²) < 4.78 is 5.81. The second kappa shape index (κ2) is 8.53. The van der Waals surface area contributed by atoms with Crippen LogP contribution in [0.2, 0.25) is 0 Å². The number of carbonyl (C=O) groups is 1. The number of nitrogens with one attached hydrogen (secondary N) is 1. The van der Waals surface area contributed by atoms with Crippen molar-refractivity contribution in [1.29, 1.82) is 0 Å². The summed E-state index contributed by atoms with van der Waals surface area (Å²) >= 11 is 0. The van der Waals surface area contributed by atoms with Gasteiger partial charge in [0.05, 0.1) is 0 Å². The van der Waals surface area contributed by atoms with Crippen LogP contribution >= 0.6 is 0 Å². The number of rotatable bonds is 7. The summed E-state index contributed by atoms with van der Waals surface area (Å²) in [5.74, 6) is 0.690. The van der Waals surface area contributed by atoms with Crippen LogP contribution in [-0.4, -0.2) is 18.1 Å². The molecule has 0 radical (unpaired) electrons. The summed E-state index contributed by atoms with van der Waals surface area (Å²) in [5.41, 5.74) is 3.52. The van der Waals surface area contributed by atoms with Crippen LogP contribution < -0.4 is 10.1 Å². The quantitative estimate of drug-likeness (QED) is 0.828. The summed E-state index contributed by atoms with van der Waals surface area (Å²) in [7, 11) is 0. The van der Waals surface area contributed by atoms with Crippen molar-refractivity contribution in [1.82, 2.24) is 5.32 Å². The first-order chi connectivity index (χ1) is 11.5. The van der Waals surface area contributed by atoms with E-state index in [9.17, 15) is 4.79 Å². The van der Waals surface area contributed by atoms with Gasteiger partial charge in [0.15, 0.2) is 6.10 Å². The first-order valence-corrected chi connectivity index (χ1v) is 8.54. The number of hydrogen-bond acceptors (Lipinski definition) is 2. The monoisotopic (exact) mass is 325 g/mol. The van der Waals surface area contributed by atoms with Crippen LogP contribution in [0.5, 0.6) is 5.75 Å². The lowest BCUT2D eigenvalue weighted by atomic mass is 10.1. The maximum Gasteiger partial charge on any atom is 0.260 e. The van der Waals surface area contributed by atoms with Crippen LogP contribution in [0.15, 0.2) is 48.5 Å². The van der Waals surface area contributed by atoms with E-state index in [0.29, 0.717) is 0 Å². The van der Waals surface area contributed by atoms with Gasteiger partial charge in [-0.2, -0.15) is 0 Å². The minimum absolute atomic E-state index is 0.0736. The zero-order valence-electron chi connectivity index (χ0n) is 15.0. The third kappa shape index (κ3) is 5.41. The van der Waals surface area contributed by atoms with Gasteiger partial charge in [-0.05, 0) is 57.7 Å². The molecule has 0 aliphatic heterocycles. The van der Waals surface area contributed by atoms with Crippen molar-refractivity contribution < 1.29 is 9.53 Å². The molecule has 0 aromatic heterocycles. The van der Waals surface area contributed by atoms with Crippen molar-refractivity contribution in [2.75, 3.05) is 0 Å². The number of carbonyl (C=O) groups excluding carboxylic acids is 1. The van der Waals surface area contributed by atoms with Crippen molar-refractivity contribution in [2.45, 2.75) is 52.7 Å². The average molecular weight is 325 g/mol. The van der Waals surface area contributed by atoms with Gasteiger partial charge in [-0.25, -0.2) is 0 Å². The first kappa shape index (κ1) is 18.1. The Labute approximate surface area is 145 Å². The molecule has 24 heavy (non-hydrogen) atoms. The molecule has 0 spiro atoms. The minimum atomic E-state index is -0.509. The molecule has 0 aliphatic carbocycles. The number of ether oxygens (including phenoxy) is 1. The van der Waals surface area contributed by atoms with Gasteiger partial charge in [-0.15, -0.1) is 0 Å². The van der Waals surface area contributed by atoms with Crippen molar-refractivity contribution in [3.63, 3.8) is 0 Å². The normalized spacial score (nSPS) is 13.2. The molecule has 2 atom stereocenters. The Morgan fingerprint density at radius 3 is 2.46 bits per heavy atom. The Bertz CT molecular complexity index is 667. The first-order valence-electron chi connectivity index (χ1n) is 8.54. The summed E-state index contributed by atoms with van der Waals surface area (Å²) in [4.78, 5) is 12.3. The highest BCUT2D eigenvalue weighted by Gasteiger charge is 2.17. The van der Waals surface area contributed by atoms with E-state index in [1.807, 2.05) is 51.1 Å². The maximum absolute atomic E-state index is 12.3. The molecule has 3 nitrogen and oxygen atoms in total. The predicted molar refractivity (Wildman–Crippen MR) is 98.4 cm³/mol. The van der Waals surface area contributed by atoms with Crippen molar-refractivity contribution in [3.8, 4) is 5.75 Å². The van der Waals surface area contributed by atoms with Crippen LogP contribution in [0.3, 0.4) is 0 Å². The fourth-order valence-electron chi connectivity index (χ4n) is 2.64. The number of amides is 1. The lowest BCUT2D eigenvalue weighted by molar-refractivity contribution is -0.127. The van der Waals surface area contributed by atoms with Crippen LogP contribution in [0, 0.1) is 13.8 Å². The molecule has 0 aliphatic rings. The number of hydrogen-bond donors (Lipinski definition) is 1. The van der Waals surface area contributed by atoms with E-state index in [1.165, 1.54) is 11.1 Å². The molecule has 3 heteroatoms. The van der Waals surface area contributed by atoms with E-state index in [2.05, 4.69) is 23.5 Å². The van der Waals surface area contributed by atoms with E-state index in [-0.39, 0.29) is 11.9 Å². The van der Waals surface area contributed by atoms with Crippen molar-refractivity contribution in [3.05, 3.63) is 65.2 Å². The average Bonchev–Trinajstić information content (AvgIpc) is 2.56. The molecule has 0 saturated heterocycles. The molecule has 1 N–H and O–H groups in total. The topological polar surface area (TPSA) is 38.3 Å². The Kier molecular flexibility index (Phi) is 6.42. The predicted octanol–water partition coefficient (Wildman–Crippen LogP) is 4.21. The Hall–Kier alpha value is -2.29. The highest BCUT2D eigenvalue weighted by atomic mass is 16.5. The minimum Gasteiger partial charge on any atom is -0.481 e. The van der Waals surface area contributed by atoms with E-state index >= 15 is 0 Å². The lowest BCUT2D eigenvalue weighted by Gasteiger charge is -2.19. The molecular formula is C21H27NO2. The van der Waals surface area contributed by atoms with Gasteiger partial charge in [0, 0.05) is 6.04 Å². The molecule has 2 rings (SSSR count). The maximum atomic E-state index is 12.3. The number of benzene rings is 2. The fourth-order valence-corrected chi connectivity index (χ4v) is 2.64. The van der Waals surface area contributed by atoms with Crippen molar-refractivity contribution >= 4 is 5.91 Å². The summed E-state index contributed by atoms with van der Waals surface area (Å²) in [5, 5.41) is 3.04. The van der Waals surface area contributed by atoms with Crippen LogP contribution in [0.25, 0.3) is 0 Å². The zero-order valence-corrected chi connectivity index (χ0v) is 15.0. The summed E-state index contributed by atoms with van der Waals surface area (Å²) in [6.45, 7) is 7.86. The number of aryl methyl sites for hydroxylation is 3. The molecule has 128 valence electrons. The molecule has 0 bridgehead atoms. The standard InChI is InChI=1S/C21H27NO2/c1-15-10-13-20(16(2)14-15)24-18(4)21(23)22-17(3)11-12-19-8-6-5-7-9-19/h5-10,13-14,17-18H,11-12H2,1-4H3,(H,22,23)/t17-,18-/m0/s1. The highest BCUT2D eigenvalue weighted by molar-refractivity contribution is 5.81. The van der Waals surface area contributed by atoms with Gasteiger partial charge < -0.3 is 10.1 Å². The second-order valence-corrected chi connectivity index (χ2v) is 6.46. The fraction of sp³-hybridized carbons (Fsp3) is 0.381. The smallest absolute Gasteiger partial charge is 0.260 e. The largest absolute Gasteiger partial charge is 0.481 e. The Balaban J connectivity index is 1.82. The molecule has 0 fully saturated rings. The Morgan fingerprint density at radius 1 is 1.08 bits per heavy atom. The lowest BCUT2D eigenvalue weighted by Crippen LogP contribution is -2.41. The van der Waals surface area contributed by atoms with Crippen LogP contribution in [0.4, 0.5) is 0 Å². The van der Waals surface area contributed by atoms with Crippen LogP contribution in [0.1, 0.15) is 37.0 Å². The van der Waals surface area contributed by atoms with E-state index in [4.69, 9.17) is 4.74 Å². The van der Waals surface area contributed by atoms with Gasteiger partial charge in [0.2, 0.25) is 0 Å². The van der Waals surface area contributed by atoms with Gasteiger partial charge in [-0.3, -0.25) is 4.79 Å². The molecule has 2 aromatic rings. The van der Waals surface area contributed by atoms with E-state index in [0.717, 1.165) is 24.2 Å². The molecule has 0 saturated carbocycles. The third-order valence-electron chi connectivity index (χ3n) is 4.10. The van der Waals surface area contributed by atoms with Crippen LogP contribution in [-0.2, 0) is 11.2 Å². The summed E-state index contributed by atoms with van der Waals surface area (Å²) in [6.07, 6.45) is 1.35. The van der Waals surface area contributed by atoms with Gasteiger partial charge >= 0.3 is 0 Å². The Morgan fingerprint density at radius 2 is 1.79 bits per heavy atom. The zero-order chi connectivity index (χ0) is 17.5. The van der Waals surface area contributed by atoms with E-state index < -0.39 is 6.10 Å². The van der Waals surface area contributed by atoms with Gasteiger partial charge in [0.25, 0.3) is 5.91 Å². The summed E-state index contributed by atoms with van der Waals surface area (Å²) in [6, 6.07) is 16.4. The van der Waals surface area contributed by atoms with Crippen molar-refractivity contribution in [2.24, 2.45) is 0 Å². The van der Waals surface area contributed by atoms with Gasteiger partial charge in [-0.1, -0.05) is 48.0 Å². The third-order valence-corrected chi connectivity index (χ3v) is 4.10. The van der Waals surface area contributed by atoms with E-state index in [1.54, 1.807) is 6.92 Å². The highest BCUT2D eigenvalue weighted by Crippen LogP contribution is 2.20. The SMILES string of the molecule is Cc1ccc(O[C@@H](C)C(=O)N[C@@H](C)CCc2ccccc2)c(C)c1. The molecule has 2 aromatic carbocycles. The molecule has 0 heterocycles. The molecule has 1 amide bonds. The second-order valence-electron chi connectivity index (χ2n) is 6.46.